The predicted molar refractivity (Wildman–Crippen MR) is 80.4 cm³/mol. The number of nitrogens with two attached hydrogens (primary N) is 1. The number of nitrogen functional groups attached to an aromatic ring is 1. The molecule has 1 heterocycles. The number of sulfonamides is 1. The van der Waals surface area contributed by atoms with Crippen LogP contribution in [0.25, 0.3) is 0 Å². The van der Waals surface area contributed by atoms with Gasteiger partial charge in [0.05, 0.1) is 11.4 Å². The molecule has 8 heteroatoms. The zero-order valence-corrected chi connectivity index (χ0v) is 12.7. The van der Waals surface area contributed by atoms with Crippen molar-refractivity contribution in [1.29, 1.82) is 0 Å². The van der Waals surface area contributed by atoms with Gasteiger partial charge in [-0.3, -0.25) is 4.72 Å². The molecule has 0 amide bonds. The van der Waals surface area contributed by atoms with Crippen LogP contribution < -0.4 is 10.5 Å². The van der Waals surface area contributed by atoms with Crippen LogP contribution >= 0.6 is 11.3 Å². The van der Waals surface area contributed by atoms with E-state index in [2.05, 4.69) is 9.71 Å². The van der Waals surface area contributed by atoms with Crippen molar-refractivity contribution in [3.63, 3.8) is 0 Å². The molecule has 0 atom stereocenters. The molecule has 3 N–H and O–H groups in total. The Morgan fingerprint density at radius 2 is 2.05 bits per heavy atom. The predicted octanol–water partition coefficient (Wildman–Crippen LogP) is 2.54. The van der Waals surface area contributed by atoms with Crippen molar-refractivity contribution < 1.29 is 12.8 Å². The number of nitrogens with zero attached hydrogens (tertiary/aromatic N) is 1. The molecule has 0 spiro atoms. The van der Waals surface area contributed by atoms with Gasteiger partial charge in [0.1, 0.15) is 10.7 Å². The SMILES string of the molecule is Nc1cc(F)ccc1S(=O)(=O)Nc1nc2c(s1)CCCC2. The lowest BCUT2D eigenvalue weighted by Crippen LogP contribution is -2.14. The van der Waals surface area contributed by atoms with E-state index >= 15 is 0 Å². The highest BCUT2D eigenvalue weighted by Gasteiger charge is 2.22. The highest BCUT2D eigenvalue weighted by molar-refractivity contribution is 7.93. The fourth-order valence-electron chi connectivity index (χ4n) is 2.33. The fourth-order valence-corrected chi connectivity index (χ4v) is 4.73. The second-order valence-electron chi connectivity index (χ2n) is 4.88. The number of halogens is 1. The summed E-state index contributed by atoms with van der Waals surface area (Å²) in [5.74, 6) is -0.573. The minimum Gasteiger partial charge on any atom is -0.398 e. The summed E-state index contributed by atoms with van der Waals surface area (Å²) in [7, 11) is -3.85. The molecule has 1 aliphatic rings. The van der Waals surface area contributed by atoms with Crippen LogP contribution in [0.5, 0.6) is 0 Å². The Morgan fingerprint density at radius 1 is 1.29 bits per heavy atom. The molecule has 0 saturated heterocycles. The van der Waals surface area contributed by atoms with E-state index in [9.17, 15) is 12.8 Å². The van der Waals surface area contributed by atoms with Crippen LogP contribution in [-0.4, -0.2) is 13.4 Å². The van der Waals surface area contributed by atoms with E-state index in [-0.39, 0.29) is 10.6 Å². The molecule has 0 fully saturated rings. The van der Waals surface area contributed by atoms with E-state index in [1.54, 1.807) is 0 Å². The smallest absolute Gasteiger partial charge is 0.265 e. The van der Waals surface area contributed by atoms with Gasteiger partial charge in [0.2, 0.25) is 0 Å². The Kier molecular flexibility index (Phi) is 3.58. The molecule has 0 unspecified atom stereocenters. The number of hydrogen-bond acceptors (Lipinski definition) is 5. The third-order valence-corrected chi connectivity index (χ3v) is 5.94. The summed E-state index contributed by atoms with van der Waals surface area (Å²) in [6, 6.07) is 3.21. The molecule has 0 radical (unpaired) electrons. The molecular weight excluding hydrogens is 313 g/mol. The van der Waals surface area contributed by atoms with E-state index in [0.717, 1.165) is 54.5 Å². The number of hydrogen-bond donors (Lipinski definition) is 2. The van der Waals surface area contributed by atoms with Crippen molar-refractivity contribution in [1.82, 2.24) is 4.98 Å². The maximum absolute atomic E-state index is 13.0. The zero-order valence-electron chi connectivity index (χ0n) is 11.1. The van der Waals surface area contributed by atoms with Gasteiger partial charge < -0.3 is 5.73 Å². The van der Waals surface area contributed by atoms with Crippen LogP contribution in [0.15, 0.2) is 23.1 Å². The average Bonchev–Trinajstić information content (AvgIpc) is 2.79. The van der Waals surface area contributed by atoms with Gasteiger partial charge in [-0.15, -0.1) is 11.3 Å². The van der Waals surface area contributed by atoms with E-state index < -0.39 is 15.8 Å². The average molecular weight is 327 g/mol. The highest BCUT2D eigenvalue weighted by atomic mass is 32.2. The van der Waals surface area contributed by atoms with E-state index in [1.807, 2.05) is 0 Å². The highest BCUT2D eigenvalue weighted by Crippen LogP contribution is 2.31. The first-order chi connectivity index (χ1) is 9.95. The maximum Gasteiger partial charge on any atom is 0.265 e. The molecule has 1 aliphatic carbocycles. The standard InChI is InChI=1S/C13H14FN3O2S2/c14-8-5-6-12(9(15)7-8)21(18,19)17-13-16-10-3-1-2-4-11(10)20-13/h5-7H,1-4,15H2,(H,16,17). The first-order valence-electron chi connectivity index (χ1n) is 6.52. The number of fused-ring (bicyclic) bond motifs is 1. The number of nitrogens with one attached hydrogen (secondary N) is 1. The lowest BCUT2D eigenvalue weighted by molar-refractivity contribution is 0.600. The quantitative estimate of drug-likeness (QED) is 0.848. The molecule has 1 aromatic heterocycles. The summed E-state index contributed by atoms with van der Waals surface area (Å²) in [6.07, 6.45) is 4.00. The van der Waals surface area contributed by atoms with Crippen molar-refractivity contribution in [2.45, 2.75) is 30.6 Å². The van der Waals surface area contributed by atoms with Crippen LogP contribution in [0.1, 0.15) is 23.4 Å². The summed E-state index contributed by atoms with van der Waals surface area (Å²) in [6.45, 7) is 0. The van der Waals surface area contributed by atoms with Gasteiger partial charge in [0.25, 0.3) is 10.0 Å². The lowest BCUT2D eigenvalue weighted by Gasteiger charge is -2.07. The number of rotatable bonds is 3. The summed E-state index contributed by atoms with van der Waals surface area (Å²) < 4.78 is 40.0. The van der Waals surface area contributed by atoms with Crippen LogP contribution in [0, 0.1) is 5.82 Å². The third kappa shape index (κ3) is 2.86. The molecule has 2 aromatic rings. The van der Waals surface area contributed by atoms with Crippen LogP contribution in [0.2, 0.25) is 0 Å². The Labute approximate surface area is 126 Å². The van der Waals surface area contributed by atoms with Crippen molar-refractivity contribution in [2.75, 3.05) is 10.5 Å². The fraction of sp³-hybridized carbons (Fsp3) is 0.308. The van der Waals surface area contributed by atoms with Gasteiger partial charge in [0.15, 0.2) is 5.13 Å². The van der Waals surface area contributed by atoms with Crippen LogP contribution in [0.4, 0.5) is 15.2 Å². The first kappa shape index (κ1) is 14.3. The Hall–Kier alpha value is -1.67. The van der Waals surface area contributed by atoms with E-state index in [4.69, 9.17) is 5.73 Å². The summed E-state index contributed by atoms with van der Waals surface area (Å²) in [5, 5.41) is 0.339. The summed E-state index contributed by atoms with van der Waals surface area (Å²) in [4.78, 5) is 5.31. The van der Waals surface area contributed by atoms with Crippen molar-refractivity contribution in [3.05, 3.63) is 34.6 Å². The third-order valence-electron chi connectivity index (χ3n) is 3.33. The number of thiazole rings is 1. The van der Waals surface area contributed by atoms with E-state index in [1.165, 1.54) is 11.3 Å². The molecule has 5 nitrogen and oxygen atoms in total. The Morgan fingerprint density at radius 3 is 2.76 bits per heavy atom. The molecule has 0 saturated carbocycles. The number of anilines is 2. The number of aromatic nitrogens is 1. The minimum absolute atomic E-state index is 0.121. The molecule has 112 valence electrons. The van der Waals surface area contributed by atoms with Crippen LogP contribution in [0.3, 0.4) is 0 Å². The second kappa shape index (κ2) is 5.27. The number of benzene rings is 1. The van der Waals surface area contributed by atoms with Crippen molar-refractivity contribution in [3.8, 4) is 0 Å². The van der Waals surface area contributed by atoms with Crippen LogP contribution in [-0.2, 0) is 22.9 Å². The van der Waals surface area contributed by atoms with Gasteiger partial charge in [-0.25, -0.2) is 17.8 Å². The maximum atomic E-state index is 13.0. The summed E-state index contributed by atoms with van der Waals surface area (Å²) in [5.41, 5.74) is 6.43. The topological polar surface area (TPSA) is 85.1 Å². The zero-order chi connectivity index (χ0) is 15.0. The normalized spacial score (nSPS) is 14.7. The van der Waals surface area contributed by atoms with E-state index in [0.29, 0.717) is 5.13 Å². The van der Waals surface area contributed by atoms with Gasteiger partial charge in [-0.1, -0.05) is 0 Å². The van der Waals surface area contributed by atoms with Crippen molar-refractivity contribution >= 4 is 32.2 Å². The molecule has 21 heavy (non-hydrogen) atoms. The molecule has 0 bridgehead atoms. The Balaban J connectivity index is 1.90. The van der Waals surface area contributed by atoms with Crippen molar-refractivity contribution in [2.24, 2.45) is 0 Å². The Bertz CT molecular complexity index is 763. The van der Waals surface area contributed by atoms with Gasteiger partial charge in [0, 0.05) is 4.88 Å². The second-order valence-corrected chi connectivity index (χ2v) is 7.62. The first-order valence-corrected chi connectivity index (χ1v) is 8.82. The minimum atomic E-state index is -3.85. The van der Waals surface area contributed by atoms with Gasteiger partial charge >= 0.3 is 0 Å². The number of aryl methyl sites for hydroxylation is 2. The molecule has 1 aromatic carbocycles. The largest absolute Gasteiger partial charge is 0.398 e. The molecular formula is C13H14FN3O2S2. The molecule has 3 rings (SSSR count). The lowest BCUT2D eigenvalue weighted by atomic mass is 10.0. The molecule has 0 aliphatic heterocycles. The van der Waals surface area contributed by atoms with Gasteiger partial charge in [-0.05, 0) is 43.9 Å². The van der Waals surface area contributed by atoms with Gasteiger partial charge in [-0.2, -0.15) is 0 Å². The summed E-state index contributed by atoms with van der Waals surface area (Å²) >= 11 is 1.35. The monoisotopic (exact) mass is 327 g/mol.